The molecule has 0 saturated carbocycles. The molecule has 0 radical (unpaired) electrons. The van der Waals surface area contributed by atoms with Crippen molar-refractivity contribution in [2.45, 2.75) is 6.92 Å². The molecule has 8 heteroatoms. The van der Waals surface area contributed by atoms with Crippen LogP contribution in [0.5, 0.6) is 0 Å². The van der Waals surface area contributed by atoms with Gasteiger partial charge in [0, 0.05) is 40.9 Å². The average molecular weight is 491 g/mol. The minimum absolute atomic E-state index is 0.153. The minimum Gasteiger partial charge on any atom is -0.332 e. The number of carbonyl (C=O) groups is 1. The number of hydrogen-bond donors (Lipinski definition) is 2. The zero-order valence-corrected chi connectivity index (χ0v) is 20.2. The summed E-state index contributed by atoms with van der Waals surface area (Å²) in [7, 11) is 0. The number of hydrogen-bond acceptors (Lipinski definition) is 5. The van der Waals surface area contributed by atoms with Crippen LogP contribution in [0.25, 0.3) is 22.7 Å². The number of anilines is 3. The van der Waals surface area contributed by atoms with Crippen LogP contribution in [0.3, 0.4) is 0 Å². The summed E-state index contributed by atoms with van der Waals surface area (Å²) in [6.45, 7) is 1.98. The van der Waals surface area contributed by atoms with E-state index in [9.17, 15) is 4.79 Å². The van der Waals surface area contributed by atoms with Gasteiger partial charge in [0.2, 0.25) is 0 Å². The Hall–Kier alpha value is -4.69. The molecule has 0 atom stereocenters. The standard InChI is InChI=1S/C28H22N6OS/c1-19-16-33(22-7-3-2-4-8-22)17-23(19)31-27(35)20-10-12-21(13-11-20)30-28-32-24(18-36-28)25-15-29-26-9-5-6-14-34(25)26/h2-18H,1H3,(H,30,32)(H,31,35). The number of imidazole rings is 1. The Bertz CT molecular complexity index is 1660. The SMILES string of the molecule is Cc1cn(-c2ccccc2)cc1NC(=O)c1ccc(Nc2nc(-c3cnc4ccccn34)cs2)cc1. The molecule has 0 unspecified atom stereocenters. The van der Waals surface area contributed by atoms with Crippen molar-refractivity contribution < 1.29 is 4.79 Å². The van der Waals surface area contributed by atoms with Crippen LogP contribution in [0.4, 0.5) is 16.5 Å². The van der Waals surface area contributed by atoms with E-state index in [4.69, 9.17) is 4.98 Å². The third kappa shape index (κ3) is 4.25. The van der Waals surface area contributed by atoms with Gasteiger partial charge in [0.1, 0.15) is 11.3 Å². The Labute approximate surface area is 211 Å². The number of pyridine rings is 1. The van der Waals surface area contributed by atoms with E-state index < -0.39 is 0 Å². The molecule has 0 bridgehead atoms. The highest BCUT2D eigenvalue weighted by molar-refractivity contribution is 7.14. The molecule has 0 fully saturated rings. The normalized spacial score (nSPS) is 11.0. The number of carbonyl (C=O) groups excluding carboxylic acids is 1. The molecule has 4 heterocycles. The summed E-state index contributed by atoms with van der Waals surface area (Å²) in [6.07, 6.45) is 7.75. The van der Waals surface area contributed by atoms with Crippen LogP contribution in [0, 0.1) is 6.92 Å². The molecule has 2 N–H and O–H groups in total. The van der Waals surface area contributed by atoms with Crippen LogP contribution in [0.2, 0.25) is 0 Å². The summed E-state index contributed by atoms with van der Waals surface area (Å²) >= 11 is 1.52. The van der Waals surface area contributed by atoms with E-state index in [1.807, 2.05) is 107 Å². The highest BCUT2D eigenvalue weighted by atomic mass is 32.1. The fourth-order valence-corrected chi connectivity index (χ4v) is 4.75. The van der Waals surface area contributed by atoms with Crippen LogP contribution >= 0.6 is 11.3 Å². The third-order valence-electron chi connectivity index (χ3n) is 5.91. The summed E-state index contributed by atoms with van der Waals surface area (Å²) in [5, 5.41) is 9.12. The first kappa shape index (κ1) is 21.8. The summed E-state index contributed by atoms with van der Waals surface area (Å²) in [4.78, 5) is 22.0. The van der Waals surface area contributed by atoms with Gasteiger partial charge >= 0.3 is 0 Å². The Kier molecular flexibility index (Phi) is 5.55. The first-order chi connectivity index (χ1) is 17.6. The average Bonchev–Trinajstić information content (AvgIpc) is 3.64. The number of fused-ring (bicyclic) bond motifs is 1. The molecule has 36 heavy (non-hydrogen) atoms. The van der Waals surface area contributed by atoms with Crippen LogP contribution in [-0.2, 0) is 0 Å². The van der Waals surface area contributed by atoms with Crippen molar-refractivity contribution in [3.8, 4) is 17.1 Å². The first-order valence-corrected chi connectivity index (χ1v) is 12.3. The van der Waals surface area contributed by atoms with Gasteiger partial charge in [-0.1, -0.05) is 24.3 Å². The van der Waals surface area contributed by atoms with Crippen LogP contribution in [-0.4, -0.2) is 24.8 Å². The predicted octanol–water partition coefficient (Wildman–Crippen LogP) is 6.55. The van der Waals surface area contributed by atoms with Gasteiger partial charge in [-0.05, 0) is 61.0 Å². The van der Waals surface area contributed by atoms with Gasteiger partial charge in [0.25, 0.3) is 5.91 Å². The van der Waals surface area contributed by atoms with Gasteiger partial charge in [-0.3, -0.25) is 9.20 Å². The molecule has 0 spiro atoms. The molecule has 6 rings (SSSR count). The third-order valence-corrected chi connectivity index (χ3v) is 6.67. The van der Waals surface area contributed by atoms with Crippen LogP contribution in [0.1, 0.15) is 15.9 Å². The summed E-state index contributed by atoms with van der Waals surface area (Å²) in [5.41, 5.74) is 6.95. The van der Waals surface area contributed by atoms with Crippen molar-refractivity contribution in [3.05, 3.63) is 114 Å². The summed E-state index contributed by atoms with van der Waals surface area (Å²) < 4.78 is 4.02. The number of nitrogens with zero attached hydrogens (tertiary/aromatic N) is 4. The smallest absolute Gasteiger partial charge is 0.255 e. The fourth-order valence-electron chi connectivity index (χ4n) is 4.03. The number of thiazole rings is 1. The highest BCUT2D eigenvalue weighted by Crippen LogP contribution is 2.28. The first-order valence-electron chi connectivity index (χ1n) is 11.4. The molecule has 2 aromatic carbocycles. The molecular weight excluding hydrogens is 468 g/mol. The van der Waals surface area contributed by atoms with E-state index in [1.54, 1.807) is 12.1 Å². The maximum Gasteiger partial charge on any atom is 0.255 e. The number of rotatable bonds is 6. The Balaban J connectivity index is 1.14. The Morgan fingerprint density at radius 3 is 2.58 bits per heavy atom. The summed E-state index contributed by atoms with van der Waals surface area (Å²) in [6, 6.07) is 23.3. The Morgan fingerprint density at radius 2 is 1.75 bits per heavy atom. The number of para-hydroxylation sites is 1. The number of amides is 1. The van der Waals surface area contributed by atoms with Crippen molar-refractivity contribution in [1.29, 1.82) is 0 Å². The molecule has 0 aliphatic carbocycles. The van der Waals surface area contributed by atoms with Crippen molar-refractivity contribution in [2.24, 2.45) is 0 Å². The maximum absolute atomic E-state index is 12.9. The van der Waals surface area contributed by atoms with E-state index in [0.29, 0.717) is 5.56 Å². The lowest BCUT2D eigenvalue weighted by Gasteiger charge is -2.07. The predicted molar refractivity (Wildman–Crippen MR) is 144 cm³/mol. The molecule has 4 aromatic heterocycles. The van der Waals surface area contributed by atoms with Gasteiger partial charge in [-0.15, -0.1) is 11.3 Å². The van der Waals surface area contributed by atoms with Crippen molar-refractivity contribution in [1.82, 2.24) is 18.9 Å². The number of benzene rings is 2. The second-order valence-electron chi connectivity index (χ2n) is 8.36. The van der Waals surface area contributed by atoms with Gasteiger partial charge in [0.05, 0.1) is 17.6 Å². The molecule has 0 aliphatic rings. The second kappa shape index (κ2) is 9.16. The largest absolute Gasteiger partial charge is 0.332 e. The van der Waals surface area contributed by atoms with E-state index in [0.717, 1.165) is 44.8 Å². The van der Waals surface area contributed by atoms with E-state index in [1.165, 1.54) is 11.3 Å². The quantitative estimate of drug-likeness (QED) is 0.277. The summed E-state index contributed by atoms with van der Waals surface area (Å²) in [5.74, 6) is -0.153. The Morgan fingerprint density at radius 1 is 0.944 bits per heavy atom. The lowest BCUT2D eigenvalue weighted by Crippen LogP contribution is -2.12. The number of aryl methyl sites for hydroxylation is 1. The van der Waals surface area contributed by atoms with E-state index in [2.05, 4.69) is 15.6 Å². The number of aromatic nitrogens is 4. The van der Waals surface area contributed by atoms with Gasteiger partial charge in [0.15, 0.2) is 5.13 Å². The molecule has 1 amide bonds. The van der Waals surface area contributed by atoms with Crippen molar-refractivity contribution in [2.75, 3.05) is 10.6 Å². The van der Waals surface area contributed by atoms with Crippen molar-refractivity contribution >= 4 is 39.4 Å². The number of nitrogens with one attached hydrogen (secondary N) is 2. The molecule has 0 saturated heterocycles. The zero-order valence-electron chi connectivity index (χ0n) is 19.4. The second-order valence-corrected chi connectivity index (χ2v) is 9.22. The molecular formula is C28H22N6OS. The molecule has 7 nitrogen and oxygen atoms in total. The lowest BCUT2D eigenvalue weighted by molar-refractivity contribution is 0.102. The van der Waals surface area contributed by atoms with Crippen LogP contribution in [0.15, 0.2) is 103 Å². The lowest BCUT2D eigenvalue weighted by atomic mass is 10.2. The fraction of sp³-hybridized carbons (Fsp3) is 0.0357. The van der Waals surface area contributed by atoms with E-state index in [-0.39, 0.29) is 5.91 Å². The molecule has 176 valence electrons. The van der Waals surface area contributed by atoms with Gasteiger partial charge in [-0.2, -0.15) is 0 Å². The van der Waals surface area contributed by atoms with Gasteiger partial charge in [-0.25, -0.2) is 9.97 Å². The molecule has 6 aromatic rings. The van der Waals surface area contributed by atoms with Gasteiger partial charge < -0.3 is 15.2 Å². The zero-order chi connectivity index (χ0) is 24.5. The van der Waals surface area contributed by atoms with E-state index >= 15 is 0 Å². The van der Waals surface area contributed by atoms with Crippen LogP contribution < -0.4 is 10.6 Å². The minimum atomic E-state index is -0.153. The maximum atomic E-state index is 12.9. The van der Waals surface area contributed by atoms with Crippen molar-refractivity contribution in [3.63, 3.8) is 0 Å². The molecule has 0 aliphatic heterocycles. The topological polar surface area (TPSA) is 76.2 Å². The monoisotopic (exact) mass is 490 g/mol. The highest BCUT2D eigenvalue weighted by Gasteiger charge is 2.12.